The van der Waals surface area contributed by atoms with Crippen LogP contribution in [0.15, 0.2) is 16.6 Å². The molecular weight excluding hydrogens is 332 g/mol. The zero-order valence-electron chi connectivity index (χ0n) is 12.4. The number of ether oxygens (including phenoxy) is 1. The number of benzene rings is 1. The Morgan fingerprint density at radius 1 is 1.14 bits per heavy atom. The van der Waals surface area contributed by atoms with Gasteiger partial charge >= 0.3 is 0 Å². The van der Waals surface area contributed by atoms with E-state index in [-0.39, 0.29) is 11.7 Å². The first kappa shape index (κ1) is 15.4. The fraction of sp³-hybridized carbons (Fsp3) is 0.267. The van der Waals surface area contributed by atoms with Crippen LogP contribution in [0, 0.1) is 33.1 Å². The molecule has 0 bridgehead atoms. The van der Waals surface area contributed by atoms with E-state index < -0.39 is 0 Å². The molecule has 0 spiro atoms. The minimum atomic E-state index is -0.0777. The van der Waals surface area contributed by atoms with E-state index in [4.69, 9.17) is 15.9 Å². The molecule has 110 valence electrons. The zero-order valence-corrected chi connectivity index (χ0v) is 14.0. The normalized spacial score (nSPS) is 10.5. The number of rotatable bonds is 3. The number of nitrogens with one attached hydrogen (secondary N) is 1. The lowest BCUT2D eigenvalue weighted by atomic mass is 10.1. The van der Waals surface area contributed by atoms with Gasteiger partial charge in [-0.2, -0.15) is 5.10 Å². The molecule has 3 N–H and O–H groups in total. The number of nitrogens with zero attached hydrogens (tertiary/aromatic N) is 2. The topological polar surface area (TPSA) is 84.9 Å². The van der Waals surface area contributed by atoms with Crippen LogP contribution < -0.4 is 10.5 Å². The van der Waals surface area contributed by atoms with E-state index in [0.717, 1.165) is 26.9 Å². The van der Waals surface area contributed by atoms with E-state index in [2.05, 4.69) is 26.1 Å². The highest BCUT2D eigenvalue weighted by atomic mass is 79.9. The highest BCUT2D eigenvalue weighted by Crippen LogP contribution is 2.30. The van der Waals surface area contributed by atoms with Gasteiger partial charge in [0.25, 0.3) is 0 Å². The van der Waals surface area contributed by atoms with E-state index in [1.807, 2.05) is 39.8 Å². The summed E-state index contributed by atoms with van der Waals surface area (Å²) in [6.07, 6.45) is 0. The first-order valence-corrected chi connectivity index (χ1v) is 7.23. The van der Waals surface area contributed by atoms with Gasteiger partial charge in [-0.25, -0.2) is 0 Å². The van der Waals surface area contributed by atoms with Gasteiger partial charge in [0.2, 0.25) is 5.88 Å². The summed E-state index contributed by atoms with van der Waals surface area (Å²) >= 11 is 3.52. The molecule has 0 aliphatic carbocycles. The third-order valence-electron chi connectivity index (χ3n) is 3.32. The summed E-state index contributed by atoms with van der Waals surface area (Å²) in [6.45, 7) is 7.65. The van der Waals surface area contributed by atoms with Crippen molar-refractivity contribution in [3.8, 4) is 11.6 Å². The second-order valence-corrected chi connectivity index (χ2v) is 5.77. The molecule has 1 heterocycles. The van der Waals surface area contributed by atoms with Crippen LogP contribution >= 0.6 is 15.9 Å². The quantitative estimate of drug-likeness (QED) is 0.656. The first-order chi connectivity index (χ1) is 9.81. The predicted octanol–water partition coefficient (Wildman–Crippen LogP) is 3.55. The average molecular weight is 349 g/mol. The van der Waals surface area contributed by atoms with Gasteiger partial charge in [0.1, 0.15) is 11.6 Å². The van der Waals surface area contributed by atoms with Crippen molar-refractivity contribution >= 4 is 21.8 Å². The Kier molecular flexibility index (Phi) is 4.27. The van der Waals surface area contributed by atoms with Crippen LogP contribution in [-0.2, 0) is 0 Å². The van der Waals surface area contributed by atoms with E-state index in [1.165, 1.54) is 0 Å². The zero-order chi connectivity index (χ0) is 15.7. The Hall–Kier alpha value is -1.95. The Labute approximate surface area is 132 Å². The van der Waals surface area contributed by atoms with E-state index in [1.54, 1.807) is 0 Å². The molecule has 0 amide bonds. The van der Waals surface area contributed by atoms with Gasteiger partial charge in [0.05, 0.1) is 11.3 Å². The molecule has 0 saturated carbocycles. The standard InChI is InChI=1S/C15H17BrN4O/c1-7-5-11(6-8(2)13(7)16)21-15-12(14(17)18)9(3)10(4)19-20-15/h5-6H,1-4H3,(H3,17,18). The molecule has 0 aliphatic rings. The summed E-state index contributed by atoms with van der Waals surface area (Å²) in [5.74, 6) is 0.825. The van der Waals surface area contributed by atoms with Gasteiger partial charge in [-0.3, -0.25) is 5.41 Å². The number of aromatic nitrogens is 2. The fourth-order valence-corrected chi connectivity index (χ4v) is 2.28. The maximum Gasteiger partial charge on any atom is 0.250 e. The summed E-state index contributed by atoms with van der Waals surface area (Å²) in [5, 5.41) is 15.8. The molecule has 5 nitrogen and oxygen atoms in total. The van der Waals surface area contributed by atoms with E-state index in [9.17, 15) is 0 Å². The number of hydrogen-bond acceptors (Lipinski definition) is 4. The van der Waals surface area contributed by atoms with Gasteiger partial charge in [0, 0.05) is 4.47 Å². The largest absolute Gasteiger partial charge is 0.437 e. The van der Waals surface area contributed by atoms with Crippen molar-refractivity contribution in [2.24, 2.45) is 5.73 Å². The minimum absolute atomic E-state index is 0.0777. The van der Waals surface area contributed by atoms with Crippen molar-refractivity contribution in [3.05, 3.63) is 44.6 Å². The number of amidine groups is 1. The second kappa shape index (κ2) is 5.81. The monoisotopic (exact) mass is 348 g/mol. The van der Waals surface area contributed by atoms with E-state index >= 15 is 0 Å². The smallest absolute Gasteiger partial charge is 0.250 e. The average Bonchev–Trinajstić information content (AvgIpc) is 2.40. The van der Waals surface area contributed by atoms with Crippen LogP contribution in [0.1, 0.15) is 27.9 Å². The summed E-state index contributed by atoms with van der Waals surface area (Å²) in [4.78, 5) is 0. The third-order valence-corrected chi connectivity index (χ3v) is 4.57. The molecule has 1 aromatic heterocycles. The first-order valence-electron chi connectivity index (χ1n) is 6.44. The van der Waals surface area contributed by atoms with Gasteiger partial charge in [0.15, 0.2) is 0 Å². The number of nitrogen functional groups attached to an aromatic ring is 1. The van der Waals surface area contributed by atoms with Crippen molar-refractivity contribution in [2.75, 3.05) is 0 Å². The highest BCUT2D eigenvalue weighted by molar-refractivity contribution is 9.10. The van der Waals surface area contributed by atoms with Crippen molar-refractivity contribution in [1.82, 2.24) is 10.2 Å². The van der Waals surface area contributed by atoms with Crippen LogP contribution in [0.25, 0.3) is 0 Å². The SMILES string of the molecule is Cc1cc(Oc2nnc(C)c(C)c2C(=N)N)cc(C)c1Br. The van der Waals surface area contributed by atoms with Crippen molar-refractivity contribution in [1.29, 1.82) is 5.41 Å². The maximum absolute atomic E-state index is 7.72. The lowest BCUT2D eigenvalue weighted by Gasteiger charge is -2.13. The van der Waals surface area contributed by atoms with Gasteiger partial charge in [-0.05, 0) is 56.5 Å². The van der Waals surface area contributed by atoms with Crippen molar-refractivity contribution in [2.45, 2.75) is 27.7 Å². The van der Waals surface area contributed by atoms with E-state index in [0.29, 0.717) is 11.3 Å². The predicted molar refractivity (Wildman–Crippen MR) is 86.2 cm³/mol. The fourth-order valence-electron chi connectivity index (χ4n) is 2.05. The molecule has 0 atom stereocenters. The van der Waals surface area contributed by atoms with Crippen molar-refractivity contribution in [3.63, 3.8) is 0 Å². The Balaban J connectivity index is 2.50. The highest BCUT2D eigenvalue weighted by Gasteiger charge is 2.16. The van der Waals surface area contributed by atoms with Gasteiger partial charge in [-0.1, -0.05) is 15.9 Å². The molecule has 0 radical (unpaired) electrons. The molecule has 0 fully saturated rings. The van der Waals surface area contributed by atoms with Crippen LogP contribution in [0.3, 0.4) is 0 Å². The van der Waals surface area contributed by atoms with Crippen LogP contribution in [0.4, 0.5) is 0 Å². The van der Waals surface area contributed by atoms with Gasteiger partial charge < -0.3 is 10.5 Å². The molecule has 0 unspecified atom stereocenters. The number of hydrogen-bond donors (Lipinski definition) is 2. The second-order valence-electron chi connectivity index (χ2n) is 4.98. The third kappa shape index (κ3) is 3.05. The molecule has 2 aromatic rings. The number of aryl methyl sites for hydroxylation is 3. The Morgan fingerprint density at radius 3 is 2.24 bits per heavy atom. The minimum Gasteiger partial charge on any atom is -0.437 e. The Morgan fingerprint density at radius 2 is 1.71 bits per heavy atom. The molecule has 0 saturated heterocycles. The summed E-state index contributed by atoms with van der Waals surface area (Å²) in [5.41, 5.74) is 9.80. The number of halogens is 1. The molecule has 2 rings (SSSR count). The Bertz CT molecular complexity index is 705. The van der Waals surface area contributed by atoms with Gasteiger partial charge in [-0.15, -0.1) is 5.10 Å². The van der Waals surface area contributed by atoms with Crippen LogP contribution in [0.2, 0.25) is 0 Å². The molecule has 0 aliphatic heterocycles. The number of nitrogens with two attached hydrogens (primary N) is 1. The molecule has 21 heavy (non-hydrogen) atoms. The van der Waals surface area contributed by atoms with Crippen molar-refractivity contribution < 1.29 is 4.74 Å². The van der Waals surface area contributed by atoms with Crippen LogP contribution in [-0.4, -0.2) is 16.0 Å². The summed E-state index contributed by atoms with van der Waals surface area (Å²) in [6, 6.07) is 3.80. The maximum atomic E-state index is 7.72. The van der Waals surface area contributed by atoms with Crippen LogP contribution in [0.5, 0.6) is 11.6 Å². The lowest BCUT2D eigenvalue weighted by molar-refractivity contribution is 0.451. The summed E-state index contributed by atoms with van der Waals surface area (Å²) < 4.78 is 6.86. The molecule has 6 heteroatoms. The summed E-state index contributed by atoms with van der Waals surface area (Å²) in [7, 11) is 0. The lowest BCUT2D eigenvalue weighted by Crippen LogP contribution is -2.16. The molecule has 1 aromatic carbocycles. The molecular formula is C15H17BrN4O.